The van der Waals surface area contributed by atoms with Crippen molar-refractivity contribution < 1.29 is 4.74 Å². The normalized spacial score (nSPS) is 15.5. The summed E-state index contributed by atoms with van der Waals surface area (Å²) in [5.41, 5.74) is 3.97. The molecule has 1 saturated heterocycles. The number of rotatable bonds is 6. The van der Waals surface area contributed by atoms with Crippen LogP contribution in [0.1, 0.15) is 16.7 Å². The van der Waals surface area contributed by atoms with E-state index in [1.807, 2.05) is 12.1 Å². The fraction of sp³-hybridized carbons (Fsp3) is 0.400. The number of hydrogen-bond donors (Lipinski definition) is 1. The monoisotopic (exact) mass is 310 g/mol. The Hall–Kier alpha value is -1.84. The van der Waals surface area contributed by atoms with E-state index in [9.17, 15) is 0 Å². The highest BCUT2D eigenvalue weighted by atomic mass is 16.5. The molecular weight excluding hydrogens is 284 g/mol. The molecule has 0 unspecified atom stereocenters. The topological polar surface area (TPSA) is 24.5 Å². The maximum absolute atomic E-state index is 5.83. The Balaban J connectivity index is 1.45. The second-order valence-corrected chi connectivity index (χ2v) is 6.26. The number of hydrogen-bond acceptors (Lipinski definition) is 3. The van der Waals surface area contributed by atoms with Gasteiger partial charge in [-0.2, -0.15) is 0 Å². The summed E-state index contributed by atoms with van der Waals surface area (Å²) in [5.74, 6) is 0.959. The van der Waals surface area contributed by atoms with Gasteiger partial charge in [-0.25, -0.2) is 0 Å². The van der Waals surface area contributed by atoms with Crippen LogP contribution in [0.5, 0.6) is 5.75 Å². The van der Waals surface area contributed by atoms with Gasteiger partial charge in [0.1, 0.15) is 5.75 Å². The lowest BCUT2D eigenvalue weighted by molar-refractivity contribution is 0.233. The summed E-state index contributed by atoms with van der Waals surface area (Å²) in [4.78, 5) is 2.51. The molecule has 1 heterocycles. The molecule has 0 bridgehead atoms. The first-order valence-electron chi connectivity index (χ1n) is 8.50. The van der Waals surface area contributed by atoms with Crippen molar-refractivity contribution in [3.05, 3.63) is 65.2 Å². The summed E-state index contributed by atoms with van der Waals surface area (Å²) in [6.45, 7) is 8.37. The fourth-order valence-corrected chi connectivity index (χ4v) is 2.93. The zero-order valence-corrected chi connectivity index (χ0v) is 13.9. The number of benzene rings is 2. The highest BCUT2D eigenvalue weighted by Crippen LogP contribution is 2.13. The van der Waals surface area contributed by atoms with Crippen LogP contribution in [-0.4, -0.2) is 37.7 Å². The summed E-state index contributed by atoms with van der Waals surface area (Å²) in [7, 11) is 0. The average molecular weight is 310 g/mol. The highest BCUT2D eigenvalue weighted by Gasteiger charge is 2.09. The predicted molar refractivity (Wildman–Crippen MR) is 95.0 cm³/mol. The summed E-state index contributed by atoms with van der Waals surface area (Å²) in [6, 6.07) is 17.2. The third kappa shape index (κ3) is 5.08. The van der Waals surface area contributed by atoms with Gasteiger partial charge in [0.2, 0.25) is 0 Å². The van der Waals surface area contributed by atoms with Crippen molar-refractivity contribution in [2.75, 3.05) is 32.8 Å². The Morgan fingerprint density at radius 2 is 1.74 bits per heavy atom. The van der Waals surface area contributed by atoms with Crippen molar-refractivity contribution in [2.45, 2.75) is 19.9 Å². The molecule has 0 aromatic heterocycles. The van der Waals surface area contributed by atoms with Crippen LogP contribution >= 0.6 is 0 Å². The van der Waals surface area contributed by atoms with Crippen molar-refractivity contribution in [2.24, 2.45) is 0 Å². The molecule has 0 saturated carbocycles. The van der Waals surface area contributed by atoms with Gasteiger partial charge in [-0.3, -0.25) is 4.90 Å². The SMILES string of the molecule is Cc1cccc(OCCc2ccc(CN3CCNCC3)cc2)c1. The third-order valence-corrected chi connectivity index (χ3v) is 4.29. The maximum atomic E-state index is 5.83. The Labute approximate surface area is 139 Å². The van der Waals surface area contributed by atoms with Crippen LogP contribution in [-0.2, 0) is 13.0 Å². The summed E-state index contributed by atoms with van der Waals surface area (Å²) >= 11 is 0. The van der Waals surface area contributed by atoms with Gasteiger partial charge >= 0.3 is 0 Å². The minimum Gasteiger partial charge on any atom is -0.493 e. The second kappa shape index (κ2) is 8.14. The van der Waals surface area contributed by atoms with E-state index >= 15 is 0 Å². The van der Waals surface area contributed by atoms with E-state index in [4.69, 9.17) is 4.74 Å². The first-order valence-corrected chi connectivity index (χ1v) is 8.50. The average Bonchev–Trinajstić information content (AvgIpc) is 2.58. The molecule has 2 aromatic rings. The Bertz CT molecular complexity index is 603. The van der Waals surface area contributed by atoms with Gasteiger partial charge in [-0.1, -0.05) is 36.4 Å². The molecule has 3 nitrogen and oxygen atoms in total. The summed E-state index contributed by atoms with van der Waals surface area (Å²) in [5, 5.41) is 3.39. The van der Waals surface area contributed by atoms with Gasteiger partial charge < -0.3 is 10.1 Å². The largest absolute Gasteiger partial charge is 0.493 e. The minimum absolute atomic E-state index is 0.723. The lowest BCUT2D eigenvalue weighted by atomic mass is 10.1. The van der Waals surface area contributed by atoms with E-state index in [0.717, 1.165) is 51.5 Å². The summed E-state index contributed by atoms with van der Waals surface area (Å²) < 4.78 is 5.83. The molecule has 2 aromatic carbocycles. The van der Waals surface area contributed by atoms with Crippen molar-refractivity contribution in [1.82, 2.24) is 10.2 Å². The molecule has 1 fully saturated rings. The van der Waals surface area contributed by atoms with E-state index in [1.54, 1.807) is 0 Å². The van der Waals surface area contributed by atoms with Crippen LogP contribution in [0.2, 0.25) is 0 Å². The lowest BCUT2D eigenvalue weighted by Gasteiger charge is -2.27. The van der Waals surface area contributed by atoms with E-state index in [0.29, 0.717) is 0 Å². The van der Waals surface area contributed by atoms with Gasteiger partial charge in [0.25, 0.3) is 0 Å². The zero-order chi connectivity index (χ0) is 15.9. The zero-order valence-electron chi connectivity index (χ0n) is 13.9. The van der Waals surface area contributed by atoms with Crippen molar-refractivity contribution in [1.29, 1.82) is 0 Å². The van der Waals surface area contributed by atoms with Crippen LogP contribution in [0.4, 0.5) is 0 Å². The molecule has 1 N–H and O–H groups in total. The van der Waals surface area contributed by atoms with Crippen LogP contribution < -0.4 is 10.1 Å². The van der Waals surface area contributed by atoms with Crippen molar-refractivity contribution in [3.8, 4) is 5.75 Å². The Morgan fingerprint density at radius 3 is 2.48 bits per heavy atom. The Morgan fingerprint density at radius 1 is 1.00 bits per heavy atom. The molecule has 1 aliphatic rings. The minimum atomic E-state index is 0.723. The van der Waals surface area contributed by atoms with Crippen molar-refractivity contribution >= 4 is 0 Å². The Kier molecular flexibility index (Phi) is 5.67. The molecule has 0 atom stereocenters. The molecule has 1 aliphatic heterocycles. The van der Waals surface area contributed by atoms with Gasteiger partial charge in [-0.05, 0) is 35.7 Å². The molecule has 23 heavy (non-hydrogen) atoms. The molecular formula is C20H26N2O. The summed E-state index contributed by atoms with van der Waals surface area (Å²) in [6.07, 6.45) is 0.946. The van der Waals surface area contributed by atoms with E-state index in [-0.39, 0.29) is 0 Å². The van der Waals surface area contributed by atoms with Gasteiger partial charge in [0.05, 0.1) is 6.61 Å². The number of aryl methyl sites for hydroxylation is 1. The number of nitrogens with zero attached hydrogens (tertiary/aromatic N) is 1. The van der Waals surface area contributed by atoms with E-state index in [2.05, 4.69) is 53.5 Å². The van der Waals surface area contributed by atoms with Crippen LogP contribution in [0.25, 0.3) is 0 Å². The molecule has 0 radical (unpaired) electrons. The first-order chi connectivity index (χ1) is 11.3. The predicted octanol–water partition coefficient (Wildman–Crippen LogP) is 3.02. The smallest absolute Gasteiger partial charge is 0.119 e. The number of piperazine rings is 1. The fourth-order valence-electron chi connectivity index (χ4n) is 2.93. The van der Waals surface area contributed by atoms with Gasteiger partial charge in [0.15, 0.2) is 0 Å². The molecule has 3 rings (SSSR count). The van der Waals surface area contributed by atoms with E-state index in [1.165, 1.54) is 16.7 Å². The van der Waals surface area contributed by atoms with Crippen LogP contribution in [0, 0.1) is 6.92 Å². The van der Waals surface area contributed by atoms with Crippen LogP contribution in [0.15, 0.2) is 48.5 Å². The standard InChI is InChI=1S/C20H26N2O/c1-17-3-2-4-20(15-17)23-14-9-18-5-7-19(8-6-18)16-22-12-10-21-11-13-22/h2-8,15,21H,9-14,16H2,1H3. The third-order valence-electron chi connectivity index (χ3n) is 4.29. The molecule has 0 aliphatic carbocycles. The highest BCUT2D eigenvalue weighted by molar-refractivity contribution is 5.27. The van der Waals surface area contributed by atoms with Crippen molar-refractivity contribution in [3.63, 3.8) is 0 Å². The first kappa shape index (κ1) is 16.0. The molecule has 3 heteroatoms. The van der Waals surface area contributed by atoms with Crippen LogP contribution in [0.3, 0.4) is 0 Å². The molecule has 0 amide bonds. The quantitative estimate of drug-likeness (QED) is 0.887. The van der Waals surface area contributed by atoms with E-state index < -0.39 is 0 Å². The van der Waals surface area contributed by atoms with Gasteiger partial charge in [-0.15, -0.1) is 0 Å². The maximum Gasteiger partial charge on any atom is 0.119 e. The number of ether oxygens (including phenoxy) is 1. The molecule has 122 valence electrons. The second-order valence-electron chi connectivity index (χ2n) is 6.26. The molecule has 0 spiro atoms. The number of nitrogens with one attached hydrogen (secondary N) is 1. The lowest BCUT2D eigenvalue weighted by Crippen LogP contribution is -2.42. The van der Waals surface area contributed by atoms with Gasteiger partial charge in [0, 0.05) is 39.1 Å².